The summed E-state index contributed by atoms with van der Waals surface area (Å²) in [5, 5.41) is 0.0453. The van der Waals surface area contributed by atoms with Gasteiger partial charge in [-0.05, 0) is 37.5 Å². The van der Waals surface area contributed by atoms with E-state index in [1.807, 2.05) is 28.9 Å². The van der Waals surface area contributed by atoms with Crippen LogP contribution in [0.3, 0.4) is 0 Å². The van der Waals surface area contributed by atoms with Gasteiger partial charge in [0.2, 0.25) is 11.8 Å². The van der Waals surface area contributed by atoms with Crippen LogP contribution in [0.25, 0.3) is 0 Å². The number of benzene rings is 1. The molecule has 6 nitrogen and oxygen atoms in total. The Hall–Kier alpha value is -1.73. The maximum Gasteiger partial charge on any atom is 0.236 e. The number of carbonyl (C=O) groups excluding carboxylic acids is 2. The third kappa shape index (κ3) is 4.40. The van der Waals surface area contributed by atoms with Gasteiger partial charge < -0.3 is 14.5 Å². The quantitative estimate of drug-likeness (QED) is 0.712. The number of amides is 2. The van der Waals surface area contributed by atoms with Gasteiger partial charge in [0, 0.05) is 45.2 Å². The predicted octanol–water partition coefficient (Wildman–Crippen LogP) is 2.60. The number of thioether (sulfide) groups is 1. The summed E-state index contributed by atoms with van der Waals surface area (Å²) in [6, 6.07) is 8.03. The van der Waals surface area contributed by atoms with Gasteiger partial charge in [0.05, 0.1) is 12.4 Å². The van der Waals surface area contributed by atoms with Crippen LogP contribution in [0.5, 0.6) is 5.75 Å². The molecule has 3 aliphatic rings. The fourth-order valence-corrected chi connectivity index (χ4v) is 5.59. The van der Waals surface area contributed by atoms with Crippen molar-refractivity contribution in [2.24, 2.45) is 5.92 Å². The Labute approximate surface area is 177 Å². The minimum absolute atomic E-state index is 0.0148. The van der Waals surface area contributed by atoms with Crippen LogP contribution in [0, 0.1) is 5.92 Å². The van der Waals surface area contributed by atoms with Crippen LogP contribution in [-0.2, 0) is 9.59 Å². The summed E-state index contributed by atoms with van der Waals surface area (Å²) < 4.78 is 5.26. The molecule has 0 aromatic heterocycles. The molecule has 3 fully saturated rings. The van der Waals surface area contributed by atoms with Gasteiger partial charge in [-0.3, -0.25) is 14.5 Å². The van der Waals surface area contributed by atoms with Crippen molar-refractivity contribution in [3.05, 3.63) is 29.8 Å². The molecule has 1 aromatic rings. The monoisotopic (exact) mass is 417 g/mol. The number of hydrogen-bond acceptors (Lipinski definition) is 5. The van der Waals surface area contributed by atoms with E-state index >= 15 is 0 Å². The molecule has 0 spiro atoms. The van der Waals surface area contributed by atoms with E-state index < -0.39 is 0 Å². The number of piperazine rings is 1. The van der Waals surface area contributed by atoms with Crippen molar-refractivity contribution >= 4 is 23.6 Å². The molecule has 2 saturated heterocycles. The van der Waals surface area contributed by atoms with Gasteiger partial charge in [-0.1, -0.05) is 18.6 Å². The summed E-state index contributed by atoms with van der Waals surface area (Å²) in [5.41, 5.74) is 1.14. The molecule has 0 bridgehead atoms. The zero-order chi connectivity index (χ0) is 20.4. The maximum atomic E-state index is 12.7. The lowest BCUT2D eigenvalue weighted by atomic mass is 9.84. The Morgan fingerprint density at radius 3 is 2.38 bits per heavy atom. The summed E-state index contributed by atoms with van der Waals surface area (Å²) >= 11 is 1.72. The van der Waals surface area contributed by atoms with Crippen LogP contribution < -0.4 is 4.74 Å². The van der Waals surface area contributed by atoms with Crippen molar-refractivity contribution in [2.75, 3.05) is 46.4 Å². The molecule has 7 heteroatoms. The van der Waals surface area contributed by atoms with Gasteiger partial charge in [-0.15, -0.1) is 11.8 Å². The van der Waals surface area contributed by atoms with Crippen molar-refractivity contribution in [2.45, 2.75) is 36.8 Å². The highest BCUT2D eigenvalue weighted by atomic mass is 32.2. The molecule has 158 valence electrons. The molecular weight excluding hydrogens is 386 g/mol. The summed E-state index contributed by atoms with van der Waals surface area (Å²) in [5.74, 6) is 1.69. The van der Waals surface area contributed by atoms with E-state index in [0.717, 1.165) is 63.4 Å². The van der Waals surface area contributed by atoms with E-state index in [4.69, 9.17) is 4.74 Å². The summed E-state index contributed by atoms with van der Waals surface area (Å²) in [7, 11) is 1.66. The van der Waals surface area contributed by atoms with E-state index in [0.29, 0.717) is 5.91 Å². The average molecular weight is 418 g/mol. The molecule has 29 heavy (non-hydrogen) atoms. The lowest BCUT2D eigenvalue weighted by Crippen LogP contribution is -2.52. The first-order valence-corrected chi connectivity index (χ1v) is 11.6. The number of rotatable bonds is 6. The Kier molecular flexibility index (Phi) is 6.35. The normalized spacial score (nSPS) is 25.9. The van der Waals surface area contributed by atoms with Gasteiger partial charge in [-0.2, -0.15) is 0 Å². The summed E-state index contributed by atoms with van der Waals surface area (Å²) in [6.07, 6.45) is 3.34. The molecule has 2 unspecified atom stereocenters. The maximum absolute atomic E-state index is 12.7. The molecular formula is C22H31N3O3S. The standard InChI is InChI=1S/C22H31N3O3S/c1-16-20(26)25(22(29-16)18-6-8-19(28-2)9-7-18)15-12-23-10-13-24(14-11-23)21(27)17-4-3-5-17/h6-9,16-17,22H,3-5,10-15H2,1-2H3. The van der Waals surface area contributed by atoms with Gasteiger partial charge in [0.25, 0.3) is 0 Å². The topological polar surface area (TPSA) is 53.1 Å². The number of ether oxygens (including phenoxy) is 1. The molecule has 2 amide bonds. The molecule has 1 saturated carbocycles. The number of methoxy groups -OCH3 is 1. The Morgan fingerprint density at radius 2 is 1.79 bits per heavy atom. The van der Waals surface area contributed by atoms with Crippen molar-refractivity contribution in [3.8, 4) is 5.75 Å². The zero-order valence-corrected chi connectivity index (χ0v) is 18.2. The first-order chi connectivity index (χ1) is 14.1. The molecule has 1 aromatic carbocycles. The minimum atomic E-state index is -0.0148. The minimum Gasteiger partial charge on any atom is -0.497 e. The van der Waals surface area contributed by atoms with Crippen LogP contribution in [0.2, 0.25) is 0 Å². The third-order valence-electron chi connectivity index (χ3n) is 6.44. The second kappa shape index (κ2) is 8.96. The number of nitrogens with zero attached hydrogens (tertiary/aromatic N) is 3. The Balaban J connectivity index is 1.31. The first kappa shape index (κ1) is 20.5. The van der Waals surface area contributed by atoms with Gasteiger partial charge in [0.1, 0.15) is 11.1 Å². The fraction of sp³-hybridized carbons (Fsp3) is 0.636. The van der Waals surface area contributed by atoms with E-state index in [2.05, 4.69) is 17.0 Å². The zero-order valence-electron chi connectivity index (χ0n) is 17.4. The van der Waals surface area contributed by atoms with E-state index in [1.54, 1.807) is 18.9 Å². The smallest absolute Gasteiger partial charge is 0.236 e. The molecule has 2 heterocycles. The van der Waals surface area contributed by atoms with Crippen LogP contribution >= 0.6 is 11.8 Å². The molecule has 0 radical (unpaired) electrons. The van der Waals surface area contributed by atoms with Gasteiger partial charge in [0.15, 0.2) is 0 Å². The van der Waals surface area contributed by atoms with E-state index in [1.165, 1.54) is 6.42 Å². The summed E-state index contributed by atoms with van der Waals surface area (Å²) in [4.78, 5) is 31.6. The van der Waals surface area contributed by atoms with Crippen LogP contribution in [0.15, 0.2) is 24.3 Å². The summed E-state index contributed by atoms with van der Waals surface area (Å²) in [6.45, 7) is 7.01. The second-order valence-corrected chi connectivity index (χ2v) is 9.66. The molecule has 4 rings (SSSR count). The van der Waals surface area contributed by atoms with E-state index in [-0.39, 0.29) is 22.4 Å². The Bertz CT molecular complexity index is 729. The van der Waals surface area contributed by atoms with Crippen LogP contribution in [0.1, 0.15) is 37.1 Å². The number of carbonyl (C=O) groups is 2. The largest absolute Gasteiger partial charge is 0.497 e. The van der Waals surface area contributed by atoms with Gasteiger partial charge >= 0.3 is 0 Å². The lowest BCUT2D eigenvalue weighted by Gasteiger charge is -2.38. The van der Waals surface area contributed by atoms with Crippen LogP contribution in [-0.4, -0.2) is 78.1 Å². The fourth-order valence-electron chi connectivity index (χ4n) is 4.28. The third-order valence-corrected chi connectivity index (χ3v) is 7.84. The van der Waals surface area contributed by atoms with Gasteiger partial charge in [-0.25, -0.2) is 0 Å². The lowest BCUT2D eigenvalue weighted by molar-refractivity contribution is -0.139. The van der Waals surface area contributed by atoms with Crippen molar-refractivity contribution in [3.63, 3.8) is 0 Å². The SMILES string of the molecule is COc1ccc(C2SC(C)C(=O)N2CCN2CCN(C(=O)C3CCC3)CC2)cc1. The first-order valence-electron chi connectivity index (χ1n) is 10.7. The van der Waals surface area contributed by atoms with Crippen molar-refractivity contribution in [1.82, 2.24) is 14.7 Å². The molecule has 1 aliphatic carbocycles. The molecule has 2 aliphatic heterocycles. The average Bonchev–Trinajstić information content (AvgIpc) is 2.99. The van der Waals surface area contributed by atoms with Crippen molar-refractivity contribution in [1.29, 1.82) is 0 Å². The second-order valence-electron chi connectivity index (χ2n) is 8.23. The van der Waals surface area contributed by atoms with Crippen LogP contribution in [0.4, 0.5) is 0 Å². The van der Waals surface area contributed by atoms with Crippen molar-refractivity contribution < 1.29 is 14.3 Å². The highest BCUT2D eigenvalue weighted by Gasteiger charge is 2.38. The molecule has 0 N–H and O–H groups in total. The predicted molar refractivity (Wildman–Crippen MR) is 115 cm³/mol. The Morgan fingerprint density at radius 1 is 1.10 bits per heavy atom. The highest BCUT2D eigenvalue weighted by Crippen LogP contribution is 2.43. The highest BCUT2D eigenvalue weighted by molar-refractivity contribution is 8.01. The molecule has 2 atom stereocenters. The number of hydrogen-bond donors (Lipinski definition) is 0. The van der Waals surface area contributed by atoms with E-state index in [9.17, 15) is 9.59 Å².